The fourth-order valence-electron chi connectivity index (χ4n) is 2.90. The van der Waals surface area contributed by atoms with Crippen LogP contribution in [-0.2, 0) is 11.2 Å². The van der Waals surface area contributed by atoms with E-state index in [-0.39, 0.29) is 0 Å². The first-order valence-corrected chi connectivity index (χ1v) is 7.94. The van der Waals surface area contributed by atoms with E-state index in [0.717, 1.165) is 19.6 Å². The van der Waals surface area contributed by atoms with Crippen molar-refractivity contribution in [1.82, 2.24) is 0 Å². The summed E-state index contributed by atoms with van der Waals surface area (Å²) in [6.45, 7) is 1.84. The summed E-state index contributed by atoms with van der Waals surface area (Å²) in [4.78, 5) is 0.513. The van der Waals surface area contributed by atoms with Gasteiger partial charge in [0.05, 0.1) is 6.61 Å². The van der Waals surface area contributed by atoms with Crippen molar-refractivity contribution in [1.29, 1.82) is 0 Å². The summed E-state index contributed by atoms with van der Waals surface area (Å²) in [5.74, 6) is 0.646. The van der Waals surface area contributed by atoms with Crippen LogP contribution in [0.25, 0.3) is 10.8 Å². The lowest BCUT2D eigenvalue weighted by Gasteiger charge is -2.26. The van der Waals surface area contributed by atoms with E-state index in [1.165, 1.54) is 29.2 Å². The Morgan fingerprint density at radius 2 is 2.00 bits per heavy atom. The summed E-state index contributed by atoms with van der Waals surface area (Å²) in [7, 11) is 0. The Morgan fingerprint density at radius 1 is 1.16 bits per heavy atom. The lowest BCUT2D eigenvalue weighted by molar-refractivity contribution is 0.0547. The minimum absolute atomic E-state index is 0.513. The fourth-order valence-corrected chi connectivity index (χ4v) is 3.66. The standard InChI is InChI=1S/C17H19BrO/c18-17(15-8-4-10-19-12-15)11-14-7-3-6-13-5-1-2-9-16(13)14/h1-3,5-7,9,15,17H,4,8,10-12H2. The zero-order chi connectivity index (χ0) is 13.1. The second-order valence-corrected chi connectivity index (χ2v) is 6.51. The van der Waals surface area contributed by atoms with Gasteiger partial charge in [-0.1, -0.05) is 58.4 Å². The minimum Gasteiger partial charge on any atom is -0.381 e. The second kappa shape index (κ2) is 6.06. The summed E-state index contributed by atoms with van der Waals surface area (Å²) >= 11 is 3.88. The zero-order valence-corrected chi connectivity index (χ0v) is 12.6. The molecule has 2 aromatic carbocycles. The van der Waals surface area contributed by atoms with Crippen LogP contribution in [0.2, 0.25) is 0 Å². The van der Waals surface area contributed by atoms with Crippen LogP contribution in [-0.4, -0.2) is 18.0 Å². The molecule has 19 heavy (non-hydrogen) atoms. The molecule has 0 aromatic heterocycles. The van der Waals surface area contributed by atoms with Gasteiger partial charge in [0.25, 0.3) is 0 Å². The summed E-state index contributed by atoms with van der Waals surface area (Å²) in [5.41, 5.74) is 1.44. The smallest absolute Gasteiger partial charge is 0.0505 e. The van der Waals surface area contributed by atoms with Gasteiger partial charge in [-0.15, -0.1) is 0 Å². The first kappa shape index (κ1) is 13.1. The Balaban J connectivity index is 1.80. The van der Waals surface area contributed by atoms with Crippen molar-refractivity contribution < 1.29 is 4.74 Å². The maximum absolute atomic E-state index is 5.60. The molecule has 1 aliphatic rings. The third-order valence-electron chi connectivity index (χ3n) is 4.00. The van der Waals surface area contributed by atoms with Gasteiger partial charge < -0.3 is 4.74 Å². The highest BCUT2D eigenvalue weighted by molar-refractivity contribution is 9.09. The van der Waals surface area contributed by atoms with Crippen LogP contribution < -0.4 is 0 Å². The van der Waals surface area contributed by atoms with Crippen molar-refractivity contribution in [2.75, 3.05) is 13.2 Å². The van der Waals surface area contributed by atoms with Crippen LogP contribution in [0.15, 0.2) is 42.5 Å². The van der Waals surface area contributed by atoms with Crippen molar-refractivity contribution in [3.63, 3.8) is 0 Å². The number of ether oxygens (including phenoxy) is 1. The Kier molecular flexibility index (Phi) is 4.19. The van der Waals surface area contributed by atoms with Crippen molar-refractivity contribution in [2.24, 2.45) is 5.92 Å². The molecule has 0 spiro atoms. The molecule has 0 N–H and O–H groups in total. The summed E-state index contributed by atoms with van der Waals surface area (Å²) in [6, 6.07) is 15.2. The molecule has 0 saturated carbocycles. The third kappa shape index (κ3) is 3.01. The third-order valence-corrected chi connectivity index (χ3v) is 5.07. The first-order valence-electron chi connectivity index (χ1n) is 7.03. The number of hydrogen-bond acceptors (Lipinski definition) is 1. The highest BCUT2D eigenvalue weighted by Crippen LogP contribution is 2.28. The molecule has 100 valence electrons. The normalized spacial score (nSPS) is 21.4. The second-order valence-electron chi connectivity index (χ2n) is 5.34. The van der Waals surface area contributed by atoms with E-state index in [4.69, 9.17) is 4.74 Å². The maximum Gasteiger partial charge on any atom is 0.0505 e. The van der Waals surface area contributed by atoms with Crippen molar-refractivity contribution in [3.05, 3.63) is 48.0 Å². The van der Waals surface area contributed by atoms with E-state index < -0.39 is 0 Å². The Labute approximate surface area is 123 Å². The number of hydrogen-bond donors (Lipinski definition) is 0. The average molecular weight is 319 g/mol. The molecule has 0 bridgehead atoms. The summed E-state index contributed by atoms with van der Waals surface area (Å²) in [6.07, 6.45) is 3.55. The highest BCUT2D eigenvalue weighted by Gasteiger charge is 2.22. The molecule has 2 atom stereocenters. The molecule has 3 rings (SSSR count). The number of halogens is 1. The fraction of sp³-hybridized carbons (Fsp3) is 0.412. The van der Waals surface area contributed by atoms with Gasteiger partial charge in [-0.25, -0.2) is 0 Å². The van der Waals surface area contributed by atoms with Crippen molar-refractivity contribution in [2.45, 2.75) is 24.1 Å². The number of fused-ring (bicyclic) bond motifs is 1. The van der Waals surface area contributed by atoms with Crippen LogP contribution in [0.4, 0.5) is 0 Å². The quantitative estimate of drug-likeness (QED) is 0.753. The molecule has 0 radical (unpaired) electrons. The molecule has 0 amide bonds. The molecule has 2 unspecified atom stereocenters. The molecule has 0 aliphatic carbocycles. The molecule has 1 aliphatic heterocycles. The largest absolute Gasteiger partial charge is 0.381 e. The van der Waals surface area contributed by atoms with Gasteiger partial charge in [0.1, 0.15) is 0 Å². The lowest BCUT2D eigenvalue weighted by Crippen LogP contribution is -2.26. The van der Waals surface area contributed by atoms with Gasteiger partial charge in [-0.3, -0.25) is 0 Å². The number of rotatable bonds is 3. The van der Waals surface area contributed by atoms with E-state index in [1.54, 1.807) is 0 Å². The molecule has 1 saturated heterocycles. The lowest BCUT2D eigenvalue weighted by atomic mass is 9.92. The number of benzene rings is 2. The Bertz CT molecular complexity index is 540. The SMILES string of the molecule is BrC(Cc1cccc2ccccc12)C1CCCOC1. The van der Waals surface area contributed by atoms with Crippen LogP contribution in [0.5, 0.6) is 0 Å². The van der Waals surface area contributed by atoms with Gasteiger partial charge in [0.15, 0.2) is 0 Å². The van der Waals surface area contributed by atoms with Crippen LogP contribution in [0, 0.1) is 5.92 Å². The van der Waals surface area contributed by atoms with Gasteiger partial charge in [0.2, 0.25) is 0 Å². The van der Waals surface area contributed by atoms with Gasteiger partial charge in [-0.2, -0.15) is 0 Å². The molecule has 2 heteroatoms. The predicted molar refractivity (Wildman–Crippen MR) is 83.9 cm³/mol. The van der Waals surface area contributed by atoms with E-state index in [0.29, 0.717) is 10.7 Å². The van der Waals surface area contributed by atoms with Crippen LogP contribution >= 0.6 is 15.9 Å². The molecule has 2 aromatic rings. The zero-order valence-electron chi connectivity index (χ0n) is 11.0. The van der Waals surface area contributed by atoms with Gasteiger partial charge >= 0.3 is 0 Å². The van der Waals surface area contributed by atoms with Gasteiger partial charge in [0, 0.05) is 11.4 Å². The highest BCUT2D eigenvalue weighted by atomic mass is 79.9. The maximum atomic E-state index is 5.60. The first-order chi connectivity index (χ1) is 9.34. The molecule has 1 nitrogen and oxygen atoms in total. The van der Waals surface area contributed by atoms with Gasteiger partial charge in [-0.05, 0) is 41.5 Å². The number of alkyl halides is 1. The Hall–Kier alpha value is -0.860. The molecular formula is C17H19BrO. The molecule has 1 heterocycles. The summed E-state index contributed by atoms with van der Waals surface area (Å²) in [5, 5.41) is 2.71. The monoisotopic (exact) mass is 318 g/mol. The van der Waals surface area contributed by atoms with E-state index in [2.05, 4.69) is 58.4 Å². The van der Waals surface area contributed by atoms with Crippen LogP contribution in [0.3, 0.4) is 0 Å². The van der Waals surface area contributed by atoms with E-state index in [1.807, 2.05) is 0 Å². The van der Waals surface area contributed by atoms with E-state index in [9.17, 15) is 0 Å². The predicted octanol–water partition coefficient (Wildman–Crippen LogP) is 4.57. The molecule has 1 fully saturated rings. The minimum atomic E-state index is 0.513. The Morgan fingerprint density at radius 3 is 2.84 bits per heavy atom. The average Bonchev–Trinajstić information content (AvgIpc) is 2.48. The van der Waals surface area contributed by atoms with Crippen molar-refractivity contribution in [3.8, 4) is 0 Å². The topological polar surface area (TPSA) is 9.23 Å². The van der Waals surface area contributed by atoms with Crippen molar-refractivity contribution >= 4 is 26.7 Å². The van der Waals surface area contributed by atoms with E-state index >= 15 is 0 Å². The van der Waals surface area contributed by atoms with Crippen LogP contribution in [0.1, 0.15) is 18.4 Å². The molecular weight excluding hydrogens is 300 g/mol. The summed E-state index contributed by atoms with van der Waals surface area (Å²) < 4.78 is 5.60.